The molecule has 0 spiro atoms. The lowest BCUT2D eigenvalue weighted by Gasteiger charge is -2.10. The van der Waals surface area contributed by atoms with Crippen molar-refractivity contribution in [3.8, 4) is 28.2 Å². The average molecular weight is 393 g/mol. The summed E-state index contributed by atoms with van der Waals surface area (Å²) in [7, 11) is 0. The molecule has 142 valence electrons. The van der Waals surface area contributed by atoms with Gasteiger partial charge in [0.15, 0.2) is 11.5 Å². The van der Waals surface area contributed by atoms with Crippen LogP contribution in [0.3, 0.4) is 0 Å². The van der Waals surface area contributed by atoms with Gasteiger partial charge in [-0.2, -0.15) is 13.2 Å². The fourth-order valence-corrected chi connectivity index (χ4v) is 3.11. The second-order valence-corrected chi connectivity index (χ2v) is 7.02. The summed E-state index contributed by atoms with van der Waals surface area (Å²) in [6.07, 6.45) is -4.47. The van der Waals surface area contributed by atoms with E-state index in [2.05, 4.69) is 5.32 Å². The number of halogens is 3. The molecule has 0 fully saturated rings. The highest BCUT2D eigenvalue weighted by Gasteiger charge is 2.31. The van der Waals surface area contributed by atoms with Crippen LogP contribution in [0.4, 0.5) is 19.1 Å². The van der Waals surface area contributed by atoms with Crippen LogP contribution in [0.5, 0.6) is 5.75 Å². The molecule has 1 heterocycles. The smallest absolute Gasteiger partial charge is 0.416 e. The molecule has 3 rings (SSSR count). The summed E-state index contributed by atoms with van der Waals surface area (Å²) in [6, 6.07) is 13.8. The third-order valence-corrected chi connectivity index (χ3v) is 4.69. The molecule has 0 unspecified atom stereocenters. The maximum absolute atomic E-state index is 13.1. The van der Waals surface area contributed by atoms with Crippen LogP contribution < -0.4 is 5.32 Å². The Morgan fingerprint density at radius 3 is 2.41 bits per heavy atom. The minimum Gasteiger partial charge on any atom is -0.504 e. The Labute approximate surface area is 159 Å². The van der Waals surface area contributed by atoms with Crippen LogP contribution in [-0.2, 0) is 6.18 Å². The zero-order chi connectivity index (χ0) is 19.4. The van der Waals surface area contributed by atoms with E-state index in [9.17, 15) is 18.3 Å². The van der Waals surface area contributed by atoms with Crippen LogP contribution in [0.25, 0.3) is 22.5 Å². The number of aromatic hydroxyl groups is 1. The summed E-state index contributed by atoms with van der Waals surface area (Å²) in [5.41, 5.74) is 0.309. The van der Waals surface area contributed by atoms with Crippen molar-refractivity contribution in [3.63, 3.8) is 0 Å². The number of thioether (sulfide) groups is 1. The van der Waals surface area contributed by atoms with E-state index in [0.717, 1.165) is 17.9 Å². The van der Waals surface area contributed by atoms with Gasteiger partial charge in [-0.25, -0.2) is 0 Å². The van der Waals surface area contributed by atoms with Crippen molar-refractivity contribution in [1.82, 2.24) is 0 Å². The first-order valence-electron chi connectivity index (χ1n) is 8.32. The number of nitrogens with one attached hydrogen (secondary N) is 1. The van der Waals surface area contributed by atoms with Crippen LogP contribution in [0.15, 0.2) is 59.0 Å². The number of hydrogen-bond acceptors (Lipinski definition) is 4. The molecule has 27 heavy (non-hydrogen) atoms. The molecule has 3 nitrogen and oxygen atoms in total. The second kappa shape index (κ2) is 8.00. The Balaban J connectivity index is 2.11. The largest absolute Gasteiger partial charge is 0.504 e. The molecule has 0 atom stereocenters. The molecular formula is C20H18F3NO2S. The molecule has 2 N–H and O–H groups in total. The average Bonchev–Trinajstić information content (AvgIpc) is 2.98. The summed E-state index contributed by atoms with van der Waals surface area (Å²) < 4.78 is 45.1. The maximum atomic E-state index is 13.1. The predicted octanol–water partition coefficient (Wildman–Crippen LogP) is 6.46. The van der Waals surface area contributed by atoms with E-state index in [1.54, 1.807) is 36.0 Å². The zero-order valence-corrected chi connectivity index (χ0v) is 15.3. The molecule has 0 saturated carbocycles. The number of alkyl halides is 3. The number of rotatable bonds is 6. The fraction of sp³-hybridized carbons (Fsp3) is 0.200. The Kier molecular flexibility index (Phi) is 5.70. The van der Waals surface area contributed by atoms with E-state index >= 15 is 0 Å². The van der Waals surface area contributed by atoms with E-state index in [0.29, 0.717) is 11.4 Å². The number of hydrogen-bond donors (Lipinski definition) is 2. The summed E-state index contributed by atoms with van der Waals surface area (Å²) in [5, 5.41) is 13.8. The highest BCUT2D eigenvalue weighted by atomic mass is 32.2. The third kappa shape index (κ3) is 4.24. The third-order valence-electron chi connectivity index (χ3n) is 3.94. The van der Waals surface area contributed by atoms with Crippen molar-refractivity contribution < 1.29 is 22.7 Å². The van der Waals surface area contributed by atoms with E-state index in [-0.39, 0.29) is 28.5 Å². The lowest BCUT2D eigenvalue weighted by Crippen LogP contribution is -2.04. The van der Waals surface area contributed by atoms with Crippen LogP contribution in [0.2, 0.25) is 0 Å². The minimum absolute atomic E-state index is 0.190. The highest BCUT2D eigenvalue weighted by Crippen LogP contribution is 2.47. The van der Waals surface area contributed by atoms with Gasteiger partial charge in [0, 0.05) is 5.56 Å². The Hall–Kier alpha value is -2.54. The van der Waals surface area contributed by atoms with Crippen molar-refractivity contribution in [1.29, 1.82) is 0 Å². The maximum Gasteiger partial charge on any atom is 0.416 e. The monoisotopic (exact) mass is 393 g/mol. The fourth-order valence-electron chi connectivity index (χ4n) is 2.67. The normalized spacial score (nSPS) is 11.6. The molecule has 0 aliphatic carbocycles. The molecular weight excluding hydrogens is 375 g/mol. The minimum atomic E-state index is -4.47. The van der Waals surface area contributed by atoms with E-state index in [1.807, 2.05) is 13.0 Å². The standard InChI is InChI=1S/C20H18F3NO2S/c1-2-27-12-24-19-16(14-9-6-10-15(11-14)20(21,22)23)17(25)18(26-19)13-7-4-3-5-8-13/h3-11,24-25H,2,12H2,1H3. The van der Waals surface area contributed by atoms with E-state index in [1.165, 1.54) is 12.1 Å². The Bertz CT molecular complexity index is 907. The predicted molar refractivity (Wildman–Crippen MR) is 103 cm³/mol. The molecule has 0 radical (unpaired) electrons. The van der Waals surface area contributed by atoms with Gasteiger partial charge in [0.25, 0.3) is 0 Å². The molecule has 0 aliphatic heterocycles. The molecule has 1 aromatic heterocycles. The van der Waals surface area contributed by atoms with Gasteiger partial charge in [-0.05, 0) is 23.4 Å². The summed E-state index contributed by atoms with van der Waals surface area (Å²) in [4.78, 5) is 0. The number of benzene rings is 2. The van der Waals surface area contributed by atoms with E-state index < -0.39 is 11.7 Å². The first-order chi connectivity index (χ1) is 12.9. The number of anilines is 1. The Morgan fingerprint density at radius 1 is 1.04 bits per heavy atom. The molecule has 7 heteroatoms. The van der Waals surface area contributed by atoms with Crippen molar-refractivity contribution in [2.75, 3.05) is 16.9 Å². The van der Waals surface area contributed by atoms with Crippen LogP contribution in [-0.4, -0.2) is 16.7 Å². The molecule has 0 saturated heterocycles. The topological polar surface area (TPSA) is 45.4 Å². The Morgan fingerprint density at radius 2 is 1.74 bits per heavy atom. The first kappa shape index (κ1) is 19.2. The van der Waals surface area contributed by atoms with Crippen molar-refractivity contribution in [3.05, 3.63) is 60.2 Å². The van der Waals surface area contributed by atoms with Gasteiger partial charge in [-0.1, -0.05) is 49.4 Å². The SMILES string of the molecule is CCSCNc1oc(-c2ccccc2)c(O)c1-c1cccc(C(F)(F)F)c1. The van der Waals surface area contributed by atoms with Crippen LogP contribution in [0, 0.1) is 0 Å². The second-order valence-electron chi connectivity index (χ2n) is 5.74. The van der Waals surface area contributed by atoms with Gasteiger partial charge in [0.2, 0.25) is 5.88 Å². The van der Waals surface area contributed by atoms with Gasteiger partial charge in [0.05, 0.1) is 17.0 Å². The quantitative estimate of drug-likeness (QED) is 0.373. The first-order valence-corrected chi connectivity index (χ1v) is 9.47. The lowest BCUT2D eigenvalue weighted by atomic mass is 10.0. The highest BCUT2D eigenvalue weighted by molar-refractivity contribution is 7.99. The van der Waals surface area contributed by atoms with Gasteiger partial charge >= 0.3 is 6.18 Å². The summed E-state index contributed by atoms with van der Waals surface area (Å²) >= 11 is 1.59. The molecule has 2 aromatic carbocycles. The van der Waals surface area contributed by atoms with Gasteiger partial charge in [0.1, 0.15) is 0 Å². The molecule has 0 amide bonds. The van der Waals surface area contributed by atoms with Crippen LogP contribution in [0.1, 0.15) is 12.5 Å². The summed E-state index contributed by atoms with van der Waals surface area (Å²) in [5.74, 6) is 1.64. The summed E-state index contributed by atoms with van der Waals surface area (Å²) in [6.45, 7) is 2.00. The molecule has 0 bridgehead atoms. The molecule has 3 aromatic rings. The van der Waals surface area contributed by atoms with Crippen LogP contribution >= 0.6 is 11.8 Å². The zero-order valence-electron chi connectivity index (χ0n) is 14.5. The van der Waals surface area contributed by atoms with E-state index in [4.69, 9.17) is 4.42 Å². The lowest BCUT2D eigenvalue weighted by molar-refractivity contribution is -0.137. The number of furan rings is 1. The van der Waals surface area contributed by atoms with Crippen molar-refractivity contribution in [2.45, 2.75) is 13.1 Å². The van der Waals surface area contributed by atoms with Gasteiger partial charge in [-0.15, -0.1) is 11.8 Å². The van der Waals surface area contributed by atoms with Crippen molar-refractivity contribution >= 4 is 17.6 Å². The van der Waals surface area contributed by atoms with Crippen molar-refractivity contribution in [2.24, 2.45) is 0 Å². The van der Waals surface area contributed by atoms with Gasteiger partial charge in [-0.3, -0.25) is 0 Å². The van der Waals surface area contributed by atoms with Gasteiger partial charge < -0.3 is 14.8 Å². The molecule has 0 aliphatic rings.